The monoisotopic (exact) mass is 1140 g/mol. The Labute approximate surface area is 432 Å². The highest BCUT2D eigenvalue weighted by atomic mass is 79.9. The lowest BCUT2D eigenvalue weighted by molar-refractivity contribution is 0.0397. The number of halogens is 3. The van der Waals surface area contributed by atoms with Gasteiger partial charge in [0.1, 0.15) is 11.2 Å². The molecule has 0 bridgehead atoms. The quantitative estimate of drug-likeness (QED) is 0.0560. The number of aliphatic hydroxyl groups excluding tert-OH is 2. The number of nitrogens with one attached hydrogen (secondary N) is 3. The van der Waals surface area contributed by atoms with Gasteiger partial charge in [0.25, 0.3) is 9.05 Å². The molecule has 14 nitrogen and oxygen atoms in total. The first kappa shape index (κ1) is 61.5. The number of sulfonamides is 1. The standard InChI is InChI=1S/C25H35BrN2O5S.C19H32N2O3.C6H4BrClO2S/c1-18(2)16-28(34(31,32)21-13-11-20(26)12-14-21)17-23(29)22(15-19-9-7-6-8-10-19)27-24(30)33-25(3,4)5;1-14(2)12-20-13-17(22)16(11-15-9-7-6-8-10-15)21-18(23)24-19(3,4)5;7-5-1-3-6(4-2-5)11(8,9)10/h6-14,18,22-23,29H,15-17H2,1-5H3,(H,27,30);6-10,14,16-17,20,22H,11-13H2,1-5H3,(H,21,23);1-4H/t22-,23+;16-,17+;/m00./s1. The third-order valence-electron chi connectivity index (χ3n) is 9.34. The van der Waals surface area contributed by atoms with Gasteiger partial charge in [0.2, 0.25) is 10.0 Å². The average molecular weight is 1150 g/mol. The van der Waals surface area contributed by atoms with E-state index in [0.29, 0.717) is 25.3 Å². The molecule has 69 heavy (non-hydrogen) atoms. The second-order valence-corrected chi connectivity index (χ2v) is 25.5. The molecule has 0 unspecified atom stereocenters. The van der Waals surface area contributed by atoms with Gasteiger partial charge in [-0.25, -0.2) is 26.4 Å². The van der Waals surface area contributed by atoms with E-state index in [9.17, 15) is 36.6 Å². The molecule has 4 aromatic carbocycles. The molecule has 4 rings (SSSR count). The van der Waals surface area contributed by atoms with Crippen LogP contribution in [0.1, 0.15) is 80.4 Å². The highest BCUT2D eigenvalue weighted by molar-refractivity contribution is 9.10. The number of benzene rings is 4. The first-order valence-electron chi connectivity index (χ1n) is 22.5. The highest BCUT2D eigenvalue weighted by Gasteiger charge is 2.32. The molecule has 0 saturated carbocycles. The topological polar surface area (TPSA) is 201 Å². The van der Waals surface area contributed by atoms with Crippen molar-refractivity contribution in [2.45, 2.75) is 127 Å². The molecule has 2 amide bonds. The van der Waals surface area contributed by atoms with Crippen LogP contribution in [0.3, 0.4) is 0 Å². The van der Waals surface area contributed by atoms with Crippen LogP contribution in [0.25, 0.3) is 0 Å². The number of aliphatic hydroxyl groups is 2. The second-order valence-electron chi connectivity index (χ2n) is 19.1. The summed E-state index contributed by atoms with van der Waals surface area (Å²) in [6.07, 6.45) is -2.18. The van der Waals surface area contributed by atoms with Crippen molar-refractivity contribution >= 4 is 73.8 Å². The minimum absolute atomic E-state index is 0.0313. The minimum Gasteiger partial charge on any atom is -0.444 e. The molecule has 4 aromatic rings. The predicted molar refractivity (Wildman–Crippen MR) is 281 cm³/mol. The van der Waals surface area contributed by atoms with Gasteiger partial charge in [0.05, 0.1) is 34.1 Å². The summed E-state index contributed by atoms with van der Waals surface area (Å²) in [5.41, 5.74) is 0.679. The number of ether oxygens (including phenoxy) is 2. The number of carbonyl (C=O) groups excluding carboxylic acids is 2. The zero-order valence-electron chi connectivity index (χ0n) is 41.2. The molecule has 0 radical (unpaired) electrons. The molecule has 0 spiro atoms. The summed E-state index contributed by atoms with van der Waals surface area (Å²) < 4.78 is 61.7. The van der Waals surface area contributed by atoms with Crippen LogP contribution >= 0.6 is 42.5 Å². The van der Waals surface area contributed by atoms with Gasteiger partial charge in [0.15, 0.2) is 0 Å². The van der Waals surface area contributed by atoms with Crippen LogP contribution in [0.5, 0.6) is 0 Å². The van der Waals surface area contributed by atoms with Gasteiger partial charge in [0, 0.05) is 39.3 Å². The number of rotatable bonds is 19. The molecule has 0 aliphatic rings. The molecule has 384 valence electrons. The van der Waals surface area contributed by atoms with E-state index in [1.165, 1.54) is 28.6 Å². The number of carbonyl (C=O) groups is 2. The Bertz CT molecular complexity index is 2350. The van der Waals surface area contributed by atoms with Gasteiger partial charge in [-0.05, 0) is 132 Å². The Hall–Kier alpha value is -3.59. The van der Waals surface area contributed by atoms with E-state index in [-0.39, 0.29) is 28.8 Å². The molecule has 0 fully saturated rings. The zero-order chi connectivity index (χ0) is 52.2. The third-order valence-corrected chi connectivity index (χ3v) is 13.6. The minimum atomic E-state index is -3.86. The molecule has 0 aliphatic heterocycles. The van der Waals surface area contributed by atoms with Gasteiger partial charge in [-0.1, -0.05) is 120 Å². The molecule has 0 saturated heterocycles. The van der Waals surface area contributed by atoms with Crippen LogP contribution in [0.15, 0.2) is 128 Å². The number of hydrogen-bond donors (Lipinski definition) is 5. The van der Waals surface area contributed by atoms with Gasteiger partial charge < -0.3 is 35.6 Å². The number of amides is 2. The first-order valence-corrected chi connectivity index (χ1v) is 27.9. The third kappa shape index (κ3) is 25.9. The Balaban J connectivity index is 0.000000402. The maximum absolute atomic E-state index is 13.4. The van der Waals surface area contributed by atoms with Crippen molar-refractivity contribution in [1.82, 2.24) is 20.3 Å². The SMILES string of the molecule is CC(C)CN(C[C@@H](O)[C@H](Cc1ccccc1)NC(=O)OC(C)(C)C)S(=O)(=O)c1ccc(Br)cc1.CC(C)CNC[C@@H](O)[C@H](Cc1ccccc1)NC(=O)OC(C)(C)C.O=S(=O)(Cl)c1ccc(Br)cc1. The van der Waals surface area contributed by atoms with E-state index in [4.69, 9.17) is 20.2 Å². The zero-order valence-corrected chi connectivity index (χ0v) is 46.7. The van der Waals surface area contributed by atoms with E-state index in [2.05, 4.69) is 61.7 Å². The van der Waals surface area contributed by atoms with Crippen LogP contribution in [0.2, 0.25) is 0 Å². The van der Waals surface area contributed by atoms with Crippen molar-refractivity contribution in [3.63, 3.8) is 0 Å². The highest BCUT2D eigenvalue weighted by Crippen LogP contribution is 2.22. The lowest BCUT2D eigenvalue weighted by Crippen LogP contribution is -2.51. The second kappa shape index (κ2) is 29.1. The maximum atomic E-state index is 13.4. The Morgan fingerprint density at radius 1 is 0.594 bits per heavy atom. The van der Waals surface area contributed by atoms with Gasteiger partial charge in [-0.2, -0.15) is 4.31 Å². The van der Waals surface area contributed by atoms with E-state index in [0.717, 1.165) is 26.6 Å². The normalized spacial score (nSPS) is 13.8. The van der Waals surface area contributed by atoms with Crippen molar-refractivity contribution in [2.75, 3.05) is 26.2 Å². The summed E-state index contributed by atoms with van der Waals surface area (Å²) in [5, 5.41) is 30.4. The molecule has 19 heteroatoms. The summed E-state index contributed by atoms with van der Waals surface area (Å²) in [7, 11) is -2.36. The molecule has 0 aromatic heterocycles. The Kier molecular flexibility index (Phi) is 25.9. The summed E-state index contributed by atoms with van der Waals surface area (Å²) in [5.74, 6) is 0.535. The number of nitrogens with zero attached hydrogens (tertiary/aromatic N) is 1. The van der Waals surface area contributed by atoms with E-state index < -0.39 is 66.8 Å². The number of hydrogen-bond acceptors (Lipinski definition) is 11. The van der Waals surface area contributed by atoms with Crippen molar-refractivity contribution in [1.29, 1.82) is 0 Å². The van der Waals surface area contributed by atoms with Crippen LogP contribution < -0.4 is 16.0 Å². The van der Waals surface area contributed by atoms with Crippen molar-refractivity contribution in [3.8, 4) is 0 Å². The Morgan fingerprint density at radius 3 is 1.35 bits per heavy atom. The molecular weight excluding hydrogens is 1080 g/mol. The fraction of sp³-hybridized carbons (Fsp3) is 0.480. The van der Waals surface area contributed by atoms with Crippen molar-refractivity contribution < 1.29 is 46.1 Å². The predicted octanol–water partition coefficient (Wildman–Crippen LogP) is 9.70. The van der Waals surface area contributed by atoms with E-state index in [1.54, 1.807) is 45.0 Å². The number of alkyl carbamates (subject to hydrolysis) is 2. The van der Waals surface area contributed by atoms with Crippen LogP contribution in [-0.4, -0.2) is 105 Å². The van der Waals surface area contributed by atoms with Gasteiger partial charge in [-0.3, -0.25) is 0 Å². The largest absolute Gasteiger partial charge is 0.444 e. The lowest BCUT2D eigenvalue weighted by Gasteiger charge is -2.31. The summed E-state index contributed by atoms with van der Waals surface area (Å²) >= 11 is 6.50. The van der Waals surface area contributed by atoms with Crippen molar-refractivity contribution in [2.24, 2.45) is 11.8 Å². The molecular formula is C50H71Br2ClN4O10S2. The molecule has 0 aliphatic carbocycles. The summed E-state index contributed by atoms with van der Waals surface area (Å²) in [4.78, 5) is 24.8. The van der Waals surface area contributed by atoms with Crippen LogP contribution in [0, 0.1) is 11.8 Å². The maximum Gasteiger partial charge on any atom is 0.407 e. The van der Waals surface area contributed by atoms with Crippen molar-refractivity contribution in [3.05, 3.63) is 129 Å². The Morgan fingerprint density at radius 2 is 0.986 bits per heavy atom. The van der Waals surface area contributed by atoms with Crippen LogP contribution in [0.4, 0.5) is 9.59 Å². The van der Waals surface area contributed by atoms with Gasteiger partial charge >= 0.3 is 12.2 Å². The fourth-order valence-electron chi connectivity index (χ4n) is 6.25. The van der Waals surface area contributed by atoms with E-state index in [1.807, 2.05) is 95.3 Å². The van der Waals surface area contributed by atoms with Crippen LogP contribution in [-0.2, 0) is 41.4 Å². The smallest absolute Gasteiger partial charge is 0.407 e. The average Bonchev–Trinajstić information content (AvgIpc) is 3.22. The van der Waals surface area contributed by atoms with E-state index >= 15 is 0 Å². The lowest BCUT2D eigenvalue weighted by atomic mass is 10.0. The molecule has 4 atom stereocenters. The first-order chi connectivity index (χ1) is 31.9. The molecule has 0 heterocycles. The summed E-state index contributed by atoms with van der Waals surface area (Å²) in [6.45, 7) is 20.1. The summed E-state index contributed by atoms with van der Waals surface area (Å²) in [6, 6.07) is 30.5. The van der Waals surface area contributed by atoms with Gasteiger partial charge in [-0.15, -0.1) is 0 Å². The fourth-order valence-corrected chi connectivity index (χ4v) is 9.17. The molecule has 5 N–H and O–H groups in total.